The fourth-order valence-electron chi connectivity index (χ4n) is 2.32. The van der Waals surface area contributed by atoms with Crippen molar-refractivity contribution < 1.29 is 4.74 Å². The van der Waals surface area contributed by atoms with Gasteiger partial charge in [0.05, 0.1) is 18.8 Å². The van der Waals surface area contributed by atoms with E-state index in [0.717, 1.165) is 26.0 Å². The van der Waals surface area contributed by atoms with Crippen molar-refractivity contribution >= 4 is 0 Å². The highest BCUT2D eigenvalue weighted by Gasteiger charge is 2.13. The lowest BCUT2D eigenvalue weighted by atomic mass is 10.0. The summed E-state index contributed by atoms with van der Waals surface area (Å²) in [6.45, 7) is 12.7. The van der Waals surface area contributed by atoms with Crippen molar-refractivity contribution in [3.63, 3.8) is 0 Å². The molecule has 0 fully saturated rings. The fourth-order valence-corrected chi connectivity index (χ4v) is 2.32. The van der Waals surface area contributed by atoms with Crippen LogP contribution in [-0.2, 0) is 4.74 Å². The van der Waals surface area contributed by atoms with E-state index in [2.05, 4.69) is 58.1 Å². The van der Waals surface area contributed by atoms with Crippen molar-refractivity contribution in [3.8, 4) is 0 Å². The van der Waals surface area contributed by atoms with E-state index in [1.807, 2.05) is 0 Å². The summed E-state index contributed by atoms with van der Waals surface area (Å²) in [4.78, 5) is 0. The molecule has 0 aliphatic rings. The van der Waals surface area contributed by atoms with Gasteiger partial charge >= 0.3 is 0 Å². The van der Waals surface area contributed by atoms with E-state index in [4.69, 9.17) is 4.74 Å². The van der Waals surface area contributed by atoms with Gasteiger partial charge < -0.3 is 10.1 Å². The van der Waals surface area contributed by atoms with E-state index in [9.17, 15) is 0 Å². The Morgan fingerprint density at radius 3 is 2.45 bits per heavy atom. The lowest BCUT2D eigenvalue weighted by molar-refractivity contribution is 0.0440. The Kier molecular flexibility index (Phi) is 7.86. The van der Waals surface area contributed by atoms with Crippen molar-refractivity contribution in [2.24, 2.45) is 0 Å². The van der Waals surface area contributed by atoms with Crippen molar-refractivity contribution in [1.29, 1.82) is 0 Å². The second-order valence-electron chi connectivity index (χ2n) is 5.78. The summed E-state index contributed by atoms with van der Waals surface area (Å²) in [5, 5.41) is 3.60. The zero-order valence-electron chi connectivity index (χ0n) is 13.8. The normalized spacial score (nSPS) is 14.2. The third-order valence-electron chi connectivity index (χ3n) is 3.82. The molecule has 0 heterocycles. The van der Waals surface area contributed by atoms with Crippen molar-refractivity contribution in [1.82, 2.24) is 5.32 Å². The zero-order valence-corrected chi connectivity index (χ0v) is 13.8. The molecule has 0 saturated carbocycles. The van der Waals surface area contributed by atoms with Gasteiger partial charge in [-0.2, -0.15) is 0 Å². The van der Waals surface area contributed by atoms with E-state index in [-0.39, 0.29) is 0 Å². The summed E-state index contributed by atoms with van der Waals surface area (Å²) in [7, 11) is 0. The van der Waals surface area contributed by atoms with Crippen LogP contribution in [0.3, 0.4) is 0 Å². The maximum atomic E-state index is 6.00. The minimum atomic E-state index is 0.300. The molecule has 2 unspecified atom stereocenters. The Bertz CT molecular complexity index is 389. The third kappa shape index (κ3) is 5.64. The second-order valence-corrected chi connectivity index (χ2v) is 5.78. The monoisotopic (exact) mass is 277 g/mol. The minimum Gasteiger partial charge on any atom is -0.377 e. The average molecular weight is 277 g/mol. The molecule has 0 radical (unpaired) electrons. The molecule has 1 N–H and O–H groups in total. The van der Waals surface area contributed by atoms with Gasteiger partial charge in [0.15, 0.2) is 0 Å². The Labute approximate surface area is 124 Å². The number of aryl methyl sites for hydroxylation is 2. The molecule has 0 saturated heterocycles. The molecule has 0 amide bonds. The number of hydrogen-bond acceptors (Lipinski definition) is 2. The van der Waals surface area contributed by atoms with Crippen LogP contribution in [0.4, 0.5) is 0 Å². The van der Waals surface area contributed by atoms with Gasteiger partial charge in [0.1, 0.15) is 0 Å². The predicted molar refractivity (Wildman–Crippen MR) is 87.3 cm³/mol. The maximum Gasteiger partial charge on any atom is 0.0665 e. The Hall–Kier alpha value is -0.860. The summed E-state index contributed by atoms with van der Waals surface area (Å²) < 4.78 is 6.00. The molecule has 0 aromatic heterocycles. The van der Waals surface area contributed by atoms with Crippen LogP contribution in [0.15, 0.2) is 18.2 Å². The van der Waals surface area contributed by atoms with Gasteiger partial charge in [0.2, 0.25) is 0 Å². The molecule has 2 atom stereocenters. The molecule has 0 aliphatic carbocycles. The van der Waals surface area contributed by atoms with Crippen LogP contribution in [0.2, 0.25) is 0 Å². The highest BCUT2D eigenvalue weighted by Crippen LogP contribution is 2.18. The molecule has 20 heavy (non-hydrogen) atoms. The van der Waals surface area contributed by atoms with Crippen LogP contribution in [-0.4, -0.2) is 19.3 Å². The highest BCUT2D eigenvalue weighted by atomic mass is 16.5. The molecule has 1 aromatic carbocycles. The van der Waals surface area contributed by atoms with Crippen molar-refractivity contribution in [2.45, 2.75) is 66.0 Å². The number of ether oxygens (including phenoxy) is 1. The summed E-state index contributed by atoms with van der Waals surface area (Å²) in [6, 6.07) is 7.02. The summed E-state index contributed by atoms with van der Waals surface area (Å²) in [5.41, 5.74) is 4.04. The molecule has 0 aliphatic heterocycles. The van der Waals surface area contributed by atoms with Crippen LogP contribution in [0.25, 0.3) is 0 Å². The van der Waals surface area contributed by atoms with Crippen molar-refractivity contribution in [3.05, 3.63) is 34.9 Å². The van der Waals surface area contributed by atoms with E-state index in [1.165, 1.54) is 23.1 Å². The van der Waals surface area contributed by atoms with Gasteiger partial charge in [-0.3, -0.25) is 0 Å². The summed E-state index contributed by atoms with van der Waals surface area (Å²) in [6.07, 6.45) is 3.80. The molecule has 1 aromatic rings. The number of rotatable bonds is 9. The largest absolute Gasteiger partial charge is 0.377 e. The number of hydrogen-bond donors (Lipinski definition) is 1. The number of benzene rings is 1. The van der Waals surface area contributed by atoms with Gasteiger partial charge in [-0.15, -0.1) is 0 Å². The molecule has 0 spiro atoms. The molecule has 114 valence electrons. The van der Waals surface area contributed by atoms with Gasteiger partial charge in [0.25, 0.3) is 0 Å². The molecular formula is C18H31NO. The molecular weight excluding hydrogens is 246 g/mol. The lowest BCUT2D eigenvalue weighted by Gasteiger charge is -2.22. The Balaban J connectivity index is 2.69. The van der Waals surface area contributed by atoms with Crippen molar-refractivity contribution in [2.75, 3.05) is 13.2 Å². The minimum absolute atomic E-state index is 0.300. The first-order chi connectivity index (χ1) is 9.58. The molecule has 2 heteroatoms. The maximum absolute atomic E-state index is 6.00. The van der Waals surface area contributed by atoms with Gasteiger partial charge in [-0.05, 0) is 56.8 Å². The number of nitrogens with one attached hydrogen (secondary N) is 1. The first-order valence-corrected chi connectivity index (χ1v) is 8.00. The van der Waals surface area contributed by atoms with Crippen LogP contribution >= 0.6 is 0 Å². The van der Waals surface area contributed by atoms with Crippen LogP contribution in [0.5, 0.6) is 0 Å². The quantitative estimate of drug-likeness (QED) is 0.715. The zero-order chi connectivity index (χ0) is 15.0. The second kappa shape index (κ2) is 9.15. The highest BCUT2D eigenvalue weighted by molar-refractivity contribution is 5.31. The van der Waals surface area contributed by atoms with Gasteiger partial charge in [-0.25, -0.2) is 0 Å². The smallest absolute Gasteiger partial charge is 0.0665 e. The molecule has 0 bridgehead atoms. The van der Waals surface area contributed by atoms with E-state index >= 15 is 0 Å². The lowest BCUT2D eigenvalue weighted by Crippen LogP contribution is -2.28. The molecule has 1 rings (SSSR count). The average Bonchev–Trinajstić information content (AvgIpc) is 2.42. The van der Waals surface area contributed by atoms with Crippen LogP contribution in [0.1, 0.15) is 62.8 Å². The van der Waals surface area contributed by atoms with E-state index in [0.29, 0.717) is 12.1 Å². The first kappa shape index (κ1) is 17.2. The topological polar surface area (TPSA) is 21.3 Å². The Morgan fingerprint density at radius 1 is 1.10 bits per heavy atom. The summed E-state index contributed by atoms with van der Waals surface area (Å²) >= 11 is 0. The van der Waals surface area contributed by atoms with Crippen LogP contribution in [0, 0.1) is 13.8 Å². The van der Waals surface area contributed by atoms with E-state index in [1.54, 1.807) is 0 Å². The standard InChI is InChI=1S/C18H31NO/c1-6-8-16(5)20-13-18(19-11-7-2)17-10-9-14(3)15(4)12-17/h9-10,12,16,18-19H,6-8,11,13H2,1-5H3. The van der Waals surface area contributed by atoms with Crippen LogP contribution < -0.4 is 5.32 Å². The van der Waals surface area contributed by atoms with Gasteiger partial charge in [0, 0.05) is 0 Å². The SMILES string of the molecule is CCCNC(COC(C)CCC)c1ccc(C)c(C)c1. The fraction of sp³-hybridized carbons (Fsp3) is 0.667. The Morgan fingerprint density at radius 2 is 1.85 bits per heavy atom. The van der Waals surface area contributed by atoms with Gasteiger partial charge in [-0.1, -0.05) is 38.5 Å². The first-order valence-electron chi connectivity index (χ1n) is 8.00. The third-order valence-corrected chi connectivity index (χ3v) is 3.82. The predicted octanol–water partition coefficient (Wildman–Crippen LogP) is 4.55. The summed E-state index contributed by atoms with van der Waals surface area (Å²) in [5.74, 6) is 0. The van der Waals surface area contributed by atoms with E-state index < -0.39 is 0 Å². The molecule has 2 nitrogen and oxygen atoms in total.